The van der Waals surface area contributed by atoms with Crippen molar-refractivity contribution in [1.82, 2.24) is 9.80 Å². The van der Waals surface area contributed by atoms with Crippen molar-refractivity contribution >= 4 is 11.9 Å². The summed E-state index contributed by atoms with van der Waals surface area (Å²) in [7, 11) is 3.42. The zero-order valence-electron chi connectivity index (χ0n) is 11.2. The highest BCUT2D eigenvalue weighted by molar-refractivity contribution is 5.86. The quantitative estimate of drug-likeness (QED) is 0.673. The Morgan fingerprint density at radius 3 is 2.56 bits per heavy atom. The first-order valence-electron chi connectivity index (χ1n) is 6.70. The molecule has 2 atom stereocenters. The molecule has 0 saturated carbocycles. The van der Waals surface area contributed by atoms with Crippen LogP contribution in [0.15, 0.2) is 0 Å². The van der Waals surface area contributed by atoms with Crippen molar-refractivity contribution in [2.24, 2.45) is 5.92 Å². The Kier molecular flexibility index (Phi) is 4.22. The van der Waals surface area contributed by atoms with Gasteiger partial charge in [-0.15, -0.1) is 0 Å². The fraction of sp³-hybridized carbons (Fsp3) is 0.846. The lowest BCUT2D eigenvalue weighted by atomic mass is 9.98. The minimum atomic E-state index is -0.359. The van der Waals surface area contributed by atoms with Gasteiger partial charge in [0.25, 0.3) is 0 Å². The van der Waals surface area contributed by atoms with E-state index in [1.54, 1.807) is 4.90 Å². The standard InChI is InChI=1S/C13H22N2O3/c1-14-8-6-10(9-14)12(16)15-7-4-3-5-11(15)13(17)18-2/h10-11H,3-9H2,1-2H3/t10?,11-/m1/s1. The lowest BCUT2D eigenvalue weighted by Crippen LogP contribution is -2.50. The Hall–Kier alpha value is -1.10. The van der Waals surface area contributed by atoms with Crippen LogP contribution >= 0.6 is 0 Å². The van der Waals surface area contributed by atoms with E-state index in [0.29, 0.717) is 6.54 Å². The summed E-state index contributed by atoms with van der Waals surface area (Å²) in [6, 6.07) is -0.359. The highest BCUT2D eigenvalue weighted by Crippen LogP contribution is 2.24. The van der Waals surface area contributed by atoms with Gasteiger partial charge in [0.05, 0.1) is 13.0 Å². The van der Waals surface area contributed by atoms with Crippen molar-refractivity contribution in [2.45, 2.75) is 31.7 Å². The average Bonchev–Trinajstić information content (AvgIpc) is 2.83. The maximum Gasteiger partial charge on any atom is 0.328 e. The largest absolute Gasteiger partial charge is 0.467 e. The molecule has 2 rings (SSSR count). The molecule has 0 aromatic rings. The SMILES string of the molecule is COC(=O)[C@H]1CCCCN1C(=O)C1CCN(C)C1. The van der Waals surface area contributed by atoms with Crippen molar-refractivity contribution < 1.29 is 14.3 Å². The highest BCUT2D eigenvalue weighted by atomic mass is 16.5. The Labute approximate surface area is 108 Å². The fourth-order valence-corrected chi connectivity index (χ4v) is 2.95. The second-order valence-electron chi connectivity index (χ2n) is 5.31. The van der Waals surface area contributed by atoms with Crippen LogP contribution in [0, 0.1) is 5.92 Å². The first-order valence-corrected chi connectivity index (χ1v) is 6.70. The number of methoxy groups -OCH3 is 1. The predicted octanol–water partition coefficient (Wildman–Crippen LogP) is 0.492. The van der Waals surface area contributed by atoms with Gasteiger partial charge in [-0.1, -0.05) is 0 Å². The van der Waals surface area contributed by atoms with Gasteiger partial charge in [0.1, 0.15) is 6.04 Å². The first-order chi connectivity index (χ1) is 8.63. The average molecular weight is 254 g/mol. The number of piperidine rings is 1. The summed E-state index contributed by atoms with van der Waals surface area (Å²) >= 11 is 0. The van der Waals surface area contributed by atoms with Crippen LogP contribution in [0.3, 0.4) is 0 Å². The number of carbonyl (C=O) groups is 2. The van der Waals surface area contributed by atoms with E-state index in [-0.39, 0.29) is 23.8 Å². The van der Waals surface area contributed by atoms with Crippen molar-refractivity contribution in [3.63, 3.8) is 0 Å². The molecule has 1 unspecified atom stereocenters. The molecule has 2 heterocycles. The number of hydrogen-bond donors (Lipinski definition) is 0. The second kappa shape index (κ2) is 5.69. The summed E-state index contributed by atoms with van der Waals surface area (Å²) in [6.45, 7) is 2.47. The molecule has 18 heavy (non-hydrogen) atoms. The van der Waals surface area contributed by atoms with Gasteiger partial charge in [0.15, 0.2) is 0 Å². The monoisotopic (exact) mass is 254 g/mol. The Bertz CT molecular complexity index is 332. The molecular weight excluding hydrogens is 232 g/mol. The van der Waals surface area contributed by atoms with Crippen LogP contribution in [-0.4, -0.2) is 61.5 Å². The molecule has 0 aromatic heterocycles. The molecule has 0 N–H and O–H groups in total. The van der Waals surface area contributed by atoms with Crippen LogP contribution in [-0.2, 0) is 14.3 Å². The van der Waals surface area contributed by atoms with E-state index in [0.717, 1.165) is 38.8 Å². The lowest BCUT2D eigenvalue weighted by molar-refractivity contribution is -0.156. The molecule has 5 heteroatoms. The first kappa shape index (κ1) is 13.3. The molecule has 0 aliphatic carbocycles. The van der Waals surface area contributed by atoms with Gasteiger partial charge in [-0.05, 0) is 39.3 Å². The minimum absolute atomic E-state index is 0.0558. The van der Waals surface area contributed by atoms with Crippen molar-refractivity contribution in [3.05, 3.63) is 0 Å². The molecule has 0 spiro atoms. The number of ether oxygens (including phenoxy) is 1. The number of amides is 1. The van der Waals surface area contributed by atoms with Crippen LogP contribution in [0.4, 0.5) is 0 Å². The lowest BCUT2D eigenvalue weighted by Gasteiger charge is -2.35. The predicted molar refractivity (Wildman–Crippen MR) is 67.0 cm³/mol. The zero-order valence-corrected chi connectivity index (χ0v) is 11.2. The summed E-state index contributed by atoms with van der Waals surface area (Å²) in [5.41, 5.74) is 0. The summed E-state index contributed by atoms with van der Waals surface area (Å²) < 4.78 is 4.81. The van der Waals surface area contributed by atoms with Crippen LogP contribution in [0.25, 0.3) is 0 Å². The van der Waals surface area contributed by atoms with Crippen LogP contribution in [0.2, 0.25) is 0 Å². The molecule has 0 radical (unpaired) electrons. The molecule has 102 valence electrons. The maximum absolute atomic E-state index is 12.5. The van der Waals surface area contributed by atoms with Gasteiger partial charge in [-0.3, -0.25) is 4.79 Å². The van der Waals surface area contributed by atoms with Crippen LogP contribution in [0.1, 0.15) is 25.7 Å². The van der Waals surface area contributed by atoms with Crippen molar-refractivity contribution in [1.29, 1.82) is 0 Å². The molecule has 1 amide bonds. The van der Waals surface area contributed by atoms with E-state index < -0.39 is 0 Å². The Morgan fingerprint density at radius 2 is 1.94 bits per heavy atom. The number of likely N-dealkylation sites (tertiary alicyclic amines) is 2. The Balaban J connectivity index is 2.04. The van der Waals surface area contributed by atoms with Gasteiger partial charge in [-0.2, -0.15) is 0 Å². The third kappa shape index (κ3) is 2.66. The molecule has 2 fully saturated rings. The number of carbonyl (C=O) groups excluding carboxylic acids is 2. The normalized spacial score (nSPS) is 29.3. The van der Waals surface area contributed by atoms with Crippen LogP contribution < -0.4 is 0 Å². The van der Waals surface area contributed by atoms with Crippen molar-refractivity contribution in [2.75, 3.05) is 33.8 Å². The van der Waals surface area contributed by atoms with Gasteiger partial charge >= 0.3 is 5.97 Å². The number of hydrogen-bond acceptors (Lipinski definition) is 4. The van der Waals surface area contributed by atoms with Crippen LogP contribution in [0.5, 0.6) is 0 Å². The number of nitrogens with zero attached hydrogens (tertiary/aromatic N) is 2. The molecule has 5 nitrogen and oxygen atoms in total. The minimum Gasteiger partial charge on any atom is -0.467 e. The van der Waals surface area contributed by atoms with E-state index in [9.17, 15) is 9.59 Å². The summed E-state index contributed by atoms with van der Waals surface area (Å²) in [4.78, 5) is 28.1. The smallest absolute Gasteiger partial charge is 0.328 e. The summed E-state index contributed by atoms with van der Waals surface area (Å²) in [6.07, 6.45) is 3.62. The highest BCUT2D eigenvalue weighted by Gasteiger charge is 2.37. The number of rotatable bonds is 2. The third-order valence-corrected chi connectivity index (χ3v) is 4.00. The molecule has 0 aromatic carbocycles. The molecule has 2 aliphatic heterocycles. The van der Waals surface area contributed by atoms with Gasteiger partial charge in [0, 0.05) is 13.1 Å². The zero-order chi connectivity index (χ0) is 13.1. The number of esters is 1. The topological polar surface area (TPSA) is 49.9 Å². The fourth-order valence-electron chi connectivity index (χ4n) is 2.95. The molecule has 2 aliphatic rings. The molecule has 2 saturated heterocycles. The van der Waals surface area contributed by atoms with Gasteiger partial charge in [-0.25, -0.2) is 4.79 Å². The third-order valence-electron chi connectivity index (χ3n) is 4.00. The van der Waals surface area contributed by atoms with E-state index in [2.05, 4.69) is 4.90 Å². The molecular formula is C13H22N2O3. The summed E-state index contributed by atoms with van der Waals surface area (Å²) in [5, 5.41) is 0. The van der Waals surface area contributed by atoms with E-state index in [1.165, 1.54) is 7.11 Å². The Morgan fingerprint density at radius 1 is 1.17 bits per heavy atom. The summed E-state index contributed by atoms with van der Waals surface area (Å²) in [5.74, 6) is -0.0795. The van der Waals surface area contributed by atoms with E-state index in [1.807, 2.05) is 7.05 Å². The van der Waals surface area contributed by atoms with Gasteiger partial charge in [0.2, 0.25) is 5.91 Å². The van der Waals surface area contributed by atoms with E-state index >= 15 is 0 Å². The van der Waals surface area contributed by atoms with Crippen molar-refractivity contribution in [3.8, 4) is 0 Å². The second-order valence-corrected chi connectivity index (χ2v) is 5.31. The van der Waals surface area contributed by atoms with Gasteiger partial charge < -0.3 is 14.5 Å². The van der Waals surface area contributed by atoms with E-state index in [4.69, 9.17) is 4.74 Å². The molecule has 0 bridgehead atoms. The maximum atomic E-state index is 12.5.